The van der Waals surface area contributed by atoms with Gasteiger partial charge in [-0.1, -0.05) is 13.3 Å². The zero-order valence-corrected chi connectivity index (χ0v) is 17.1. The van der Waals surface area contributed by atoms with Gasteiger partial charge >= 0.3 is 0 Å². The van der Waals surface area contributed by atoms with Crippen LogP contribution in [0, 0.1) is 5.41 Å². The lowest BCUT2D eigenvalue weighted by molar-refractivity contribution is -0.121. The van der Waals surface area contributed by atoms with Crippen LogP contribution in [-0.2, 0) is 21.2 Å². The molecule has 2 aliphatic heterocycles. The highest BCUT2D eigenvalue weighted by atomic mass is 32.2. The van der Waals surface area contributed by atoms with Crippen molar-refractivity contribution in [3.05, 3.63) is 17.0 Å². The quantitative estimate of drug-likeness (QED) is 0.767. The summed E-state index contributed by atoms with van der Waals surface area (Å²) in [6, 6.07) is 3.42. The maximum absolute atomic E-state index is 12.7. The molecule has 2 N–H and O–H groups in total. The van der Waals surface area contributed by atoms with Crippen LogP contribution in [0.5, 0.6) is 0 Å². The van der Waals surface area contributed by atoms with Gasteiger partial charge in [-0.25, -0.2) is 8.42 Å². The van der Waals surface area contributed by atoms with E-state index in [1.165, 1.54) is 11.3 Å². The van der Waals surface area contributed by atoms with Crippen molar-refractivity contribution >= 4 is 27.3 Å². The summed E-state index contributed by atoms with van der Waals surface area (Å²) < 4.78 is 27.3. The maximum Gasteiger partial charge on any atom is 0.252 e. The molecule has 26 heavy (non-hydrogen) atoms. The van der Waals surface area contributed by atoms with Crippen molar-refractivity contribution in [2.75, 3.05) is 32.7 Å². The first-order valence-electron chi connectivity index (χ1n) is 9.45. The Bertz CT molecular complexity index is 718. The fourth-order valence-corrected chi connectivity index (χ4v) is 6.59. The fourth-order valence-electron chi connectivity index (χ4n) is 3.56. The Hall–Kier alpha value is -0.960. The van der Waals surface area contributed by atoms with Crippen LogP contribution >= 0.6 is 11.3 Å². The molecule has 0 radical (unpaired) electrons. The van der Waals surface area contributed by atoms with Crippen LogP contribution in [0.4, 0.5) is 0 Å². The number of nitrogens with one attached hydrogen (secondary N) is 2. The molecule has 2 saturated heterocycles. The van der Waals surface area contributed by atoms with Crippen molar-refractivity contribution in [2.45, 2.75) is 49.7 Å². The standard InChI is InChI=1S/C18H29N3O3S2/c1-18(7-9-19-10-8-18)14-20-16(22)13-15-5-6-17(25-15)26(23,24)21-11-3-2-4-12-21/h5-6,19H,2-4,7-14H2,1H3,(H,20,22). The first-order valence-corrected chi connectivity index (χ1v) is 11.7. The highest BCUT2D eigenvalue weighted by Gasteiger charge is 2.29. The largest absolute Gasteiger partial charge is 0.355 e. The third-order valence-corrected chi connectivity index (χ3v) is 8.86. The van der Waals surface area contributed by atoms with Crippen LogP contribution in [0.1, 0.15) is 43.9 Å². The molecule has 0 spiro atoms. The SMILES string of the molecule is CC1(CNC(=O)Cc2ccc(S(=O)(=O)N3CCCCC3)s2)CCNCC1. The van der Waals surface area contributed by atoms with Gasteiger partial charge in [-0.05, 0) is 56.3 Å². The van der Waals surface area contributed by atoms with Gasteiger partial charge in [0, 0.05) is 24.5 Å². The van der Waals surface area contributed by atoms with Crippen LogP contribution in [0.15, 0.2) is 16.3 Å². The van der Waals surface area contributed by atoms with Gasteiger partial charge in [-0.2, -0.15) is 4.31 Å². The summed E-state index contributed by atoms with van der Waals surface area (Å²) in [4.78, 5) is 13.1. The topological polar surface area (TPSA) is 78.5 Å². The first-order chi connectivity index (χ1) is 12.4. The Labute approximate surface area is 160 Å². The molecule has 0 aromatic carbocycles. The summed E-state index contributed by atoms with van der Waals surface area (Å²) >= 11 is 1.22. The highest BCUT2D eigenvalue weighted by molar-refractivity contribution is 7.91. The Morgan fingerprint density at radius 2 is 1.92 bits per heavy atom. The second-order valence-corrected chi connectivity index (χ2v) is 11.0. The summed E-state index contributed by atoms with van der Waals surface area (Å²) in [5, 5.41) is 6.37. The third kappa shape index (κ3) is 4.85. The predicted molar refractivity (Wildman–Crippen MR) is 104 cm³/mol. The van der Waals surface area contributed by atoms with Gasteiger partial charge in [-0.3, -0.25) is 4.79 Å². The number of carbonyl (C=O) groups excluding carboxylic acids is 1. The van der Waals surface area contributed by atoms with E-state index in [4.69, 9.17) is 0 Å². The molecule has 0 bridgehead atoms. The van der Waals surface area contributed by atoms with E-state index in [1.54, 1.807) is 16.4 Å². The van der Waals surface area contributed by atoms with Crippen LogP contribution in [0.25, 0.3) is 0 Å². The van der Waals surface area contributed by atoms with Gasteiger partial charge in [0.25, 0.3) is 10.0 Å². The number of sulfonamides is 1. The van der Waals surface area contributed by atoms with Gasteiger partial charge in [0.1, 0.15) is 4.21 Å². The molecule has 0 atom stereocenters. The molecular formula is C18H29N3O3S2. The Balaban J connectivity index is 1.55. The number of rotatable bonds is 6. The molecular weight excluding hydrogens is 370 g/mol. The van der Waals surface area contributed by atoms with Crippen molar-refractivity contribution in [1.29, 1.82) is 0 Å². The van der Waals surface area contributed by atoms with E-state index >= 15 is 0 Å². The minimum atomic E-state index is -3.40. The van der Waals surface area contributed by atoms with E-state index in [0.29, 0.717) is 23.8 Å². The van der Waals surface area contributed by atoms with E-state index in [-0.39, 0.29) is 17.7 Å². The predicted octanol–water partition coefficient (Wildman–Crippen LogP) is 1.97. The minimum absolute atomic E-state index is 0.0338. The lowest BCUT2D eigenvalue weighted by Crippen LogP contribution is -2.43. The fraction of sp³-hybridized carbons (Fsp3) is 0.722. The van der Waals surface area contributed by atoms with Crippen LogP contribution in [-0.4, -0.2) is 51.4 Å². The lowest BCUT2D eigenvalue weighted by Gasteiger charge is -2.34. The molecule has 3 heterocycles. The minimum Gasteiger partial charge on any atom is -0.355 e. The van der Waals surface area contributed by atoms with Crippen molar-refractivity contribution in [2.24, 2.45) is 5.41 Å². The summed E-state index contributed by atoms with van der Waals surface area (Å²) in [7, 11) is -3.40. The highest BCUT2D eigenvalue weighted by Crippen LogP contribution is 2.28. The van der Waals surface area contributed by atoms with Gasteiger partial charge in [0.2, 0.25) is 5.91 Å². The van der Waals surface area contributed by atoms with E-state index in [2.05, 4.69) is 17.6 Å². The molecule has 3 rings (SSSR count). The number of piperidine rings is 2. The number of hydrogen-bond acceptors (Lipinski definition) is 5. The molecule has 2 aliphatic rings. The smallest absolute Gasteiger partial charge is 0.252 e. The number of thiophene rings is 1. The molecule has 0 aliphatic carbocycles. The monoisotopic (exact) mass is 399 g/mol. The molecule has 2 fully saturated rings. The number of amides is 1. The zero-order chi connectivity index (χ0) is 18.6. The second kappa shape index (κ2) is 8.37. The number of nitrogens with zero attached hydrogens (tertiary/aromatic N) is 1. The molecule has 8 heteroatoms. The first kappa shape index (κ1) is 19.8. The Morgan fingerprint density at radius 3 is 2.62 bits per heavy atom. The molecule has 1 aromatic heterocycles. The van der Waals surface area contributed by atoms with Crippen LogP contribution in [0.2, 0.25) is 0 Å². The third-order valence-electron chi connectivity index (χ3n) is 5.40. The van der Waals surface area contributed by atoms with E-state index in [1.807, 2.05) is 0 Å². The summed E-state index contributed by atoms with van der Waals surface area (Å²) in [6.07, 6.45) is 5.31. The second-order valence-electron chi connectivity index (χ2n) is 7.70. The number of hydrogen-bond donors (Lipinski definition) is 2. The Kier molecular flexibility index (Phi) is 6.37. The van der Waals surface area contributed by atoms with E-state index in [0.717, 1.165) is 50.1 Å². The zero-order valence-electron chi connectivity index (χ0n) is 15.4. The molecule has 1 aromatic rings. The molecule has 6 nitrogen and oxygen atoms in total. The lowest BCUT2D eigenvalue weighted by atomic mass is 9.81. The van der Waals surface area contributed by atoms with Crippen LogP contribution < -0.4 is 10.6 Å². The molecule has 1 amide bonds. The summed E-state index contributed by atoms with van der Waals surface area (Å²) in [5.41, 5.74) is 0.152. The maximum atomic E-state index is 12.7. The molecule has 0 unspecified atom stereocenters. The van der Waals surface area contributed by atoms with Crippen LogP contribution in [0.3, 0.4) is 0 Å². The number of carbonyl (C=O) groups is 1. The summed E-state index contributed by atoms with van der Waals surface area (Å²) in [5.74, 6) is -0.0338. The van der Waals surface area contributed by atoms with Crippen molar-refractivity contribution in [3.8, 4) is 0 Å². The van der Waals surface area contributed by atoms with Crippen molar-refractivity contribution in [1.82, 2.24) is 14.9 Å². The van der Waals surface area contributed by atoms with Gasteiger partial charge in [0.15, 0.2) is 0 Å². The normalized spacial score (nSPS) is 21.4. The van der Waals surface area contributed by atoms with Gasteiger partial charge in [0.05, 0.1) is 6.42 Å². The van der Waals surface area contributed by atoms with Crippen molar-refractivity contribution < 1.29 is 13.2 Å². The average Bonchev–Trinajstić information content (AvgIpc) is 3.11. The average molecular weight is 400 g/mol. The Morgan fingerprint density at radius 1 is 1.23 bits per heavy atom. The molecule has 0 saturated carbocycles. The summed E-state index contributed by atoms with van der Waals surface area (Å²) in [6.45, 7) is 6.08. The van der Waals surface area contributed by atoms with E-state index in [9.17, 15) is 13.2 Å². The van der Waals surface area contributed by atoms with Gasteiger partial charge < -0.3 is 10.6 Å². The van der Waals surface area contributed by atoms with Crippen molar-refractivity contribution in [3.63, 3.8) is 0 Å². The van der Waals surface area contributed by atoms with Gasteiger partial charge in [-0.15, -0.1) is 11.3 Å². The molecule has 146 valence electrons. The van der Waals surface area contributed by atoms with E-state index < -0.39 is 10.0 Å².